The highest BCUT2D eigenvalue weighted by Crippen LogP contribution is 2.23. The van der Waals surface area contributed by atoms with E-state index in [0.29, 0.717) is 17.9 Å². The van der Waals surface area contributed by atoms with Crippen LogP contribution < -0.4 is 9.47 Å². The molecule has 0 saturated heterocycles. The molecule has 24 heavy (non-hydrogen) atoms. The minimum Gasteiger partial charge on any atom is -0.507 e. The second-order valence-electron chi connectivity index (χ2n) is 5.66. The third-order valence-electron chi connectivity index (χ3n) is 3.67. The summed E-state index contributed by atoms with van der Waals surface area (Å²) in [6.07, 6.45) is 4.12. The number of para-hydroxylation sites is 1. The summed E-state index contributed by atoms with van der Waals surface area (Å²) >= 11 is 0. The average Bonchev–Trinajstić information content (AvgIpc) is 2.59. The molecule has 0 aromatic heterocycles. The zero-order valence-electron chi connectivity index (χ0n) is 14.0. The van der Waals surface area contributed by atoms with Crippen molar-refractivity contribution in [2.75, 3.05) is 13.2 Å². The van der Waals surface area contributed by atoms with Crippen molar-refractivity contribution in [3.05, 3.63) is 54.1 Å². The summed E-state index contributed by atoms with van der Waals surface area (Å²) < 4.78 is 11.3. The molecule has 4 heteroatoms. The molecular formula is C20H24O4. The van der Waals surface area contributed by atoms with Crippen LogP contribution in [-0.4, -0.2) is 24.1 Å². The van der Waals surface area contributed by atoms with Gasteiger partial charge in [-0.1, -0.05) is 18.2 Å². The number of phenols is 1. The smallest absolute Gasteiger partial charge is 0.163 e. The molecule has 2 aromatic carbocycles. The van der Waals surface area contributed by atoms with Gasteiger partial charge >= 0.3 is 0 Å². The highest BCUT2D eigenvalue weighted by Gasteiger charge is 2.07. The Bertz CT molecular complexity index is 637. The van der Waals surface area contributed by atoms with E-state index < -0.39 is 0 Å². The lowest BCUT2D eigenvalue weighted by Gasteiger charge is -2.09. The fourth-order valence-electron chi connectivity index (χ4n) is 2.34. The van der Waals surface area contributed by atoms with Crippen molar-refractivity contribution in [2.24, 2.45) is 0 Å². The van der Waals surface area contributed by atoms with Crippen LogP contribution in [0.15, 0.2) is 48.5 Å². The molecule has 0 unspecified atom stereocenters. The van der Waals surface area contributed by atoms with Gasteiger partial charge in [0.1, 0.15) is 17.2 Å². The number of aromatic hydroxyl groups is 1. The van der Waals surface area contributed by atoms with Gasteiger partial charge in [-0.3, -0.25) is 4.79 Å². The van der Waals surface area contributed by atoms with Gasteiger partial charge < -0.3 is 14.6 Å². The Kier molecular flexibility index (Phi) is 7.15. The third kappa shape index (κ3) is 5.95. The highest BCUT2D eigenvalue weighted by molar-refractivity contribution is 5.97. The Morgan fingerprint density at radius 1 is 0.875 bits per heavy atom. The lowest BCUT2D eigenvalue weighted by atomic mass is 10.1. The molecule has 0 amide bonds. The lowest BCUT2D eigenvalue weighted by molar-refractivity contribution is 0.101. The fourth-order valence-corrected chi connectivity index (χ4v) is 2.34. The van der Waals surface area contributed by atoms with Crippen molar-refractivity contribution >= 4 is 5.78 Å². The molecule has 0 aliphatic heterocycles. The number of ether oxygens (including phenoxy) is 2. The van der Waals surface area contributed by atoms with Crippen molar-refractivity contribution in [3.8, 4) is 17.2 Å². The van der Waals surface area contributed by atoms with Crippen LogP contribution >= 0.6 is 0 Å². The van der Waals surface area contributed by atoms with Crippen LogP contribution in [-0.2, 0) is 0 Å². The first-order valence-corrected chi connectivity index (χ1v) is 8.31. The van der Waals surface area contributed by atoms with Crippen molar-refractivity contribution in [2.45, 2.75) is 32.6 Å². The maximum atomic E-state index is 11.4. The van der Waals surface area contributed by atoms with Gasteiger partial charge in [-0.05, 0) is 62.9 Å². The number of rotatable bonds is 10. The molecule has 0 fully saturated rings. The first-order chi connectivity index (χ1) is 11.7. The van der Waals surface area contributed by atoms with E-state index in [0.717, 1.165) is 38.0 Å². The van der Waals surface area contributed by atoms with E-state index in [4.69, 9.17) is 9.47 Å². The molecule has 0 radical (unpaired) electrons. The van der Waals surface area contributed by atoms with Crippen LogP contribution in [0.5, 0.6) is 17.2 Å². The Morgan fingerprint density at radius 3 is 2.12 bits per heavy atom. The van der Waals surface area contributed by atoms with Crippen LogP contribution in [0, 0.1) is 0 Å². The number of Topliss-reactive ketones (excluding diaryl/α,β-unsaturated/α-hetero) is 1. The Labute approximate surface area is 143 Å². The molecule has 0 saturated carbocycles. The number of benzene rings is 2. The number of unbranched alkanes of at least 4 members (excludes halogenated alkanes) is 3. The molecule has 1 N–H and O–H groups in total. The van der Waals surface area contributed by atoms with Gasteiger partial charge in [-0.2, -0.15) is 0 Å². The van der Waals surface area contributed by atoms with Crippen molar-refractivity contribution < 1.29 is 19.4 Å². The van der Waals surface area contributed by atoms with Gasteiger partial charge in [-0.25, -0.2) is 0 Å². The highest BCUT2D eigenvalue weighted by atomic mass is 16.5. The standard InChI is InChI=1S/C20H24O4/c1-16(21)19-15-18(11-12-20(19)22)24-14-8-3-2-7-13-23-17-9-5-4-6-10-17/h4-6,9-12,15,22H,2-3,7-8,13-14H2,1H3. The summed E-state index contributed by atoms with van der Waals surface area (Å²) in [5.74, 6) is 1.35. The van der Waals surface area contributed by atoms with Crippen LogP contribution in [0.3, 0.4) is 0 Å². The number of carbonyl (C=O) groups excluding carboxylic acids is 1. The van der Waals surface area contributed by atoms with E-state index in [1.807, 2.05) is 30.3 Å². The molecule has 0 aliphatic rings. The Balaban J connectivity index is 1.57. The van der Waals surface area contributed by atoms with Crippen molar-refractivity contribution in [1.29, 1.82) is 0 Å². The molecular weight excluding hydrogens is 304 g/mol. The molecule has 0 heterocycles. The van der Waals surface area contributed by atoms with E-state index in [-0.39, 0.29) is 11.5 Å². The molecule has 0 bridgehead atoms. The number of phenolic OH excluding ortho intramolecular Hbond substituents is 1. The zero-order valence-corrected chi connectivity index (χ0v) is 14.0. The SMILES string of the molecule is CC(=O)c1cc(OCCCCCCOc2ccccc2)ccc1O. The van der Waals surface area contributed by atoms with Crippen LogP contribution in [0.4, 0.5) is 0 Å². The summed E-state index contributed by atoms with van der Waals surface area (Å²) in [7, 11) is 0. The Hall–Kier alpha value is -2.49. The summed E-state index contributed by atoms with van der Waals surface area (Å²) in [5.41, 5.74) is 0.297. The Morgan fingerprint density at radius 2 is 1.50 bits per heavy atom. The normalized spacial score (nSPS) is 10.4. The van der Waals surface area contributed by atoms with Gasteiger partial charge in [0.05, 0.1) is 18.8 Å². The summed E-state index contributed by atoms with van der Waals surface area (Å²) in [4.78, 5) is 11.4. The lowest BCUT2D eigenvalue weighted by Crippen LogP contribution is -2.01. The van der Waals surface area contributed by atoms with Crippen LogP contribution in [0.1, 0.15) is 43.0 Å². The first-order valence-electron chi connectivity index (χ1n) is 8.31. The maximum absolute atomic E-state index is 11.4. The largest absolute Gasteiger partial charge is 0.507 e. The van der Waals surface area contributed by atoms with E-state index in [9.17, 15) is 9.90 Å². The number of hydrogen-bond acceptors (Lipinski definition) is 4. The third-order valence-corrected chi connectivity index (χ3v) is 3.67. The first kappa shape index (κ1) is 17.9. The van der Waals surface area contributed by atoms with E-state index in [1.54, 1.807) is 12.1 Å². The minimum absolute atomic E-state index is 0.00624. The quantitative estimate of drug-likeness (QED) is 0.511. The van der Waals surface area contributed by atoms with Crippen molar-refractivity contribution in [1.82, 2.24) is 0 Å². The number of ketones is 1. The molecule has 0 spiro atoms. The average molecular weight is 328 g/mol. The van der Waals surface area contributed by atoms with E-state index in [2.05, 4.69) is 0 Å². The van der Waals surface area contributed by atoms with Gasteiger partial charge in [0.2, 0.25) is 0 Å². The van der Waals surface area contributed by atoms with Gasteiger partial charge in [-0.15, -0.1) is 0 Å². The maximum Gasteiger partial charge on any atom is 0.163 e. The number of carbonyl (C=O) groups is 1. The summed E-state index contributed by atoms with van der Waals surface area (Å²) in [6, 6.07) is 14.6. The van der Waals surface area contributed by atoms with Gasteiger partial charge in [0.15, 0.2) is 5.78 Å². The van der Waals surface area contributed by atoms with Crippen LogP contribution in [0.25, 0.3) is 0 Å². The second kappa shape index (κ2) is 9.60. The zero-order chi connectivity index (χ0) is 17.2. The molecule has 128 valence electrons. The molecule has 4 nitrogen and oxygen atoms in total. The van der Waals surface area contributed by atoms with Crippen LogP contribution in [0.2, 0.25) is 0 Å². The van der Waals surface area contributed by atoms with Gasteiger partial charge in [0, 0.05) is 0 Å². The summed E-state index contributed by atoms with van der Waals surface area (Å²) in [6.45, 7) is 2.75. The molecule has 2 aromatic rings. The monoisotopic (exact) mass is 328 g/mol. The summed E-state index contributed by atoms with van der Waals surface area (Å²) in [5, 5.41) is 9.59. The fraction of sp³-hybridized carbons (Fsp3) is 0.350. The van der Waals surface area contributed by atoms with E-state index in [1.165, 1.54) is 13.0 Å². The minimum atomic E-state index is -0.170. The van der Waals surface area contributed by atoms with Gasteiger partial charge in [0.25, 0.3) is 0 Å². The number of hydrogen-bond donors (Lipinski definition) is 1. The second-order valence-corrected chi connectivity index (χ2v) is 5.66. The predicted molar refractivity (Wildman–Crippen MR) is 94.0 cm³/mol. The molecule has 2 rings (SSSR count). The molecule has 0 aliphatic carbocycles. The van der Waals surface area contributed by atoms with E-state index >= 15 is 0 Å². The predicted octanol–water partition coefficient (Wildman–Crippen LogP) is 4.61. The van der Waals surface area contributed by atoms with Crippen molar-refractivity contribution in [3.63, 3.8) is 0 Å². The topological polar surface area (TPSA) is 55.8 Å². The molecule has 0 atom stereocenters.